The first-order valence-corrected chi connectivity index (χ1v) is 6.00. The molecule has 0 aliphatic rings. The molecule has 12 heteroatoms. The molecule has 0 aliphatic heterocycles. The third-order valence-corrected chi connectivity index (χ3v) is 2.00. The van der Waals surface area contributed by atoms with Gasteiger partial charge in [0.2, 0.25) is 0 Å². The Labute approximate surface area is 125 Å². The first-order valence-electron chi connectivity index (χ1n) is 6.00. The van der Waals surface area contributed by atoms with Crippen molar-refractivity contribution in [2.45, 2.75) is 20.0 Å². The molecule has 0 aromatic heterocycles. The van der Waals surface area contributed by atoms with E-state index in [0.29, 0.717) is 0 Å². The molecular weight excluding hydrogens is 296 g/mol. The molecule has 0 spiro atoms. The van der Waals surface area contributed by atoms with E-state index in [4.69, 9.17) is 11.5 Å². The van der Waals surface area contributed by atoms with Crippen LogP contribution in [-0.4, -0.2) is 43.0 Å². The van der Waals surface area contributed by atoms with Gasteiger partial charge in [-0.25, -0.2) is 19.2 Å². The van der Waals surface area contributed by atoms with Crippen LogP contribution in [0.2, 0.25) is 0 Å². The average molecular weight is 314 g/mol. The standard InChI is InChI=1S/C10H18N8O4/c1-5(2)6(17-9(21)15-3-13-7(11)19)18-10(22)16-4-14-8(12)20/h3-6H,1-2H3,(H4,11,13,15,17,19,21)(H4,12,14,16,18,20,22). The molecule has 0 bridgehead atoms. The number of amides is 8. The molecule has 22 heavy (non-hydrogen) atoms. The highest BCUT2D eigenvalue weighted by Gasteiger charge is 2.17. The number of hydrogen-bond acceptors (Lipinski definition) is 4. The van der Waals surface area contributed by atoms with Gasteiger partial charge < -0.3 is 22.1 Å². The molecule has 12 nitrogen and oxygen atoms in total. The molecule has 122 valence electrons. The van der Waals surface area contributed by atoms with Crippen molar-refractivity contribution in [3.05, 3.63) is 0 Å². The topological polar surface area (TPSA) is 193 Å². The maximum absolute atomic E-state index is 11.5. The van der Waals surface area contributed by atoms with Gasteiger partial charge in [0.25, 0.3) is 0 Å². The van der Waals surface area contributed by atoms with Crippen LogP contribution >= 0.6 is 0 Å². The van der Waals surface area contributed by atoms with Gasteiger partial charge in [0.05, 0.1) is 0 Å². The number of carbonyl (C=O) groups excluding carboxylic acids is 4. The van der Waals surface area contributed by atoms with Crippen molar-refractivity contribution >= 4 is 36.8 Å². The SMILES string of the molecule is CC(C)C(NC(=O)N=CNC(N)=O)NC(=O)N=CNC(N)=O. The normalized spacial score (nSPS) is 12.1. The zero-order valence-electron chi connectivity index (χ0n) is 12.0. The number of carbonyl (C=O) groups is 4. The highest BCUT2D eigenvalue weighted by atomic mass is 16.2. The highest BCUT2D eigenvalue weighted by Crippen LogP contribution is 1.99. The van der Waals surface area contributed by atoms with E-state index < -0.39 is 30.3 Å². The van der Waals surface area contributed by atoms with Crippen molar-refractivity contribution in [1.29, 1.82) is 0 Å². The Bertz CT molecular complexity index is 447. The van der Waals surface area contributed by atoms with E-state index in [-0.39, 0.29) is 5.92 Å². The zero-order chi connectivity index (χ0) is 17.1. The predicted octanol–water partition coefficient (Wildman–Crippen LogP) is -1.22. The summed E-state index contributed by atoms with van der Waals surface area (Å²) in [7, 11) is 0. The summed E-state index contributed by atoms with van der Waals surface area (Å²) in [6.07, 6.45) is 0.842. The van der Waals surface area contributed by atoms with Crippen LogP contribution in [0.15, 0.2) is 9.98 Å². The predicted molar refractivity (Wildman–Crippen MR) is 78.1 cm³/mol. The molecule has 0 saturated carbocycles. The van der Waals surface area contributed by atoms with Gasteiger partial charge in [0.15, 0.2) is 0 Å². The van der Waals surface area contributed by atoms with Gasteiger partial charge in [-0.2, -0.15) is 9.98 Å². The number of hydrogen-bond donors (Lipinski definition) is 6. The third-order valence-electron chi connectivity index (χ3n) is 2.00. The number of aliphatic imine (C=N–C) groups is 2. The van der Waals surface area contributed by atoms with Crippen molar-refractivity contribution < 1.29 is 19.2 Å². The maximum atomic E-state index is 11.5. The van der Waals surface area contributed by atoms with Crippen LogP contribution in [0.4, 0.5) is 19.2 Å². The van der Waals surface area contributed by atoms with Gasteiger partial charge in [-0.15, -0.1) is 0 Å². The van der Waals surface area contributed by atoms with Gasteiger partial charge in [-0.05, 0) is 5.92 Å². The fourth-order valence-corrected chi connectivity index (χ4v) is 1.02. The third kappa shape index (κ3) is 9.71. The number of nitrogens with two attached hydrogens (primary N) is 2. The molecule has 0 aromatic rings. The first kappa shape index (κ1) is 18.8. The van der Waals surface area contributed by atoms with Crippen LogP contribution in [0.1, 0.15) is 13.8 Å². The van der Waals surface area contributed by atoms with Crippen molar-refractivity contribution in [3.63, 3.8) is 0 Å². The lowest BCUT2D eigenvalue weighted by Gasteiger charge is -2.21. The smallest absolute Gasteiger partial charge is 0.343 e. The van der Waals surface area contributed by atoms with Gasteiger partial charge in [-0.1, -0.05) is 13.8 Å². The van der Waals surface area contributed by atoms with Crippen LogP contribution in [0.3, 0.4) is 0 Å². The van der Waals surface area contributed by atoms with Crippen molar-refractivity contribution in [1.82, 2.24) is 21.3 Å². The largest absolute Gasteiger partial charge is 0.351 e. The van der Waals surface area contributed by atoms with E-state index >= 15 is 0 Å². The molecule has 0 aliphatic carbocycles. The van der Waals surface area contributed by atoms with Gasteiger partial charge in [0, 0.05) is 0 Å². The lowest BCUT2D eigenvalue weighted by molar-refractivity contribution is 0.227. The van der Waals surface area contributed by atoms with E-state index in [2.05, 4.69) is 20.6 Å². The molecule has 0 heterocycles. The summed E-state index contributed by atoms with van der Waals surface area (Å²) in [6, 6.07) is -3.37. The number of primary amides is 2. The van der Waals surface area contributed by atoms with Crippen LogP contribution in [0.25, 0.3) is 0 Å². The second kappa shape index (κ2) is 9.68. The minimum absolute atomic E-state index is 0.188. The number of urea groups is 4. The minimum atomic E-state index is -0.874. The van der Waals surface area contributed by atoms with Gasteiger partial charge in [0.1, 0.15) is 18.8 Å². The van der Waals surface area contributed by atoms with Crippen LogP contribution < -0.4 is 32.7 Å². The average Bonchev–Trinajstić information content (AvgIpc) is 2.36. The van der Waals surface area contributed by atoms with E-state index in [1.807, 2.05) is 10.6 Å². The molecule has 0 saturated heterocycles. The molecule has 0 aromatic carbocycles. The maximum Gasteiger partial charge on any atom is 0.343 e. The van der Waals surface area contributed by atoms with Gasteiger partial charge in [-0.3, -0.25) is 10.6 Å². The van der Waals surface area contributed by atoms with Crippen LogP contribution in [0, 0.1) is 5.92 Å². The van der Waals surface area contributed by atoms with Crippen molar-refractivity contribution in [2.75, 3.05) is 0 Å². The molecule has 8 N–H and O–H groups in total. The Morgan fingerprint density at radius 3 is 1.50 bits per heavy atom. The van der Waals surface area contributed by atoms with E-state index in [1.165, 1.54) is 0 Å². The Hall–Kier alpha value is -3.18. The Morgan fingerprint density at radius 2 is 1.23 bits per heavy atom. The highest BCUT2D eigenvalue weighted by molar-refractivity contribution is 5.92. The molecule has 0 fully saturated rings. The Kier molecular flexibility index (Phi) is 8.28. The van der Waals surface area contributed by atoms with Crippen molar-refractivity contribution in [3.8, 4) is 0 Å². The quantitative estimate of drug-likeness (QED) is 0.210. The van der Waals surface area contributed by atoms with Crippen LogP contribution in [-0.2, 0) is 0 Å². The summed E-state index contributed by atoms with van der Waals surface area (Å²) in [5.74, 6) is -0.188. The number of rotatable bonds is 5. The lowest BCUT2D eigenvalue weighted by atomic mass is 10.1. The Morgan fingerprint density at radius 1 is 0.864 bits per heavy atom. The second-order valence-corrected chi connectivity index (χ2v) is 4.15. The summed E-state index contributed by atoms with van der Waals surface area (Å²) in [6.45, 7) is 3.45. The Balaban J connectivity index is 4.48. The first-order chi connectivity index (χ1) is 10.2. The molecule has 0 atom stereocenters. The summed E-state index contributed by atoms with van der Waals surface area (Å²) >= 11 is 0. The number of nitrogens with one attached hydrogen (secondary N) is 4. The molecular formula is C10H18N8O4. The lowest BCUT2D eigenvalue weighted by Crippen LogP contribution is -2.49. The fraction of sp³-hybridized carbons (Fsp3) is 0.400. The fourth-order valence-electron chi connectivity index (χ4n) is 1.02. The van der Waals surface area contributed by atoms with E-state index in [9.17, 15) is 19.2 Å². The van der Waals surface area contributed by atoms with E-state index in [1.54, 1.807) is 13.8 Å². The summed E-state index contributed by atoms with van der Waals surface area (Å²) < 4.78 is 0. The number of nitrogens with zero attached hydrogens (tertiary/aromatic N) is 2. The van der Waals surface area contributed by atoms with Crippen molar-refractivity contribution in [2.24, 2.45) is 27.4 Å². The zero-order valence-corrected chi connectivity index (χ0v) is 12.0. The minimum Gasteiger partial charge on any atom is -0.351 e. The summed E-state index contributed by atoms with van der Waals surface area (Å²) in [4.78, 5) is 50.3. The van der Waals surface area contributed by atoms with Gasteiger partial charge >= 0.3 is 24.1 Å². The molecule has 0 radical (unpaired) electrons. The molecule has 0 rings (SSSR count). The summed E-state index contributed by atoms with van der Waals surface area (Å²) in [5.41, 5.74) is 9.55. The summed E-state index contributed by atoms with van der Waals surface area (Å²) in [5, 5.41) is 8.71. The second-order valence-electron chi connectivity index (χ2n) is 4.15. The van der Waals surface area contributed by atoms with Crippen LogP contribution in [0.5, 0.6) is 0 Å². The molecule has 8 amide bonds. The van der Waals surface area contributed by atoms with E-state index in [0.717, 1.165) is 12.7 Å². The molecule has 0 unspecified atom stereocenters. The monoisotopic (exact) mass is 314 g/mol.